The van der Waals surface area contributed by atoms with Gasteiger partial charge < -0.3 is 4.42 Å². The summed E-state index contributed by atoms with van der Waals surface area (Å²) >= 11 is 0. The zero-order valence-electron chi connectivity index (χ0n) is 14.6. The predicted octanol–water partition coefficient (Wildman–Crippen LogP) is 5.10. The summed E-state index contributed by atoms with van der Waals surface area (Å²) in [5, 5.41) is 9.68. The molecule has 1 aliphatic carbocycles. The van der Waals surface area contributed by atoms with Gasteiger partial charge >= 0.3 is 0 Å². The maximum atomic E-state index is 9.68. The second kappa shape index (κ2) is 6.16. The van der Waals surface area contributed by atoms with E-state index in [9.17, 15) is 5.26 Å². The quantitative estimate of drug-likeness (QED) is 0.651. The lowest BCUT2D eigenvalue weighted by Crippen LogP contribution is -2.36. The second-order valence-corrected chi connectivity index (χ2v) is 7.19. The number of benzene rings is 2. The van der Waals surface area contributed by atoms with E-state index in [1.165, 1.54) is 22.3 Å². The SMILES string of the molecule is N#Cc1cccc2c1C(N1CCC(c3ccco3)CC1)c1ccccc1-2. The molecule has 0 amide bonds. The highest BCUT2D eigenvalue weighted by Crippen LogP contribution is 2.48. The van der Waals surface area contributed by atoms with E-state index >= 15 is 0 Å². The molecule has 2 heterocycles. The summed E-state index contributed by atoms with van der Waals surface area (Å²) in [5.41, 5.74) is 5.82. The molecule has 1 aliphatic heterocycles. The lowest BCUT2D eigenvalue weighted by molar-refractivity contribution is 0.169. The molecule has 3 aromatic rings. The molecule has 0 saturated carbocycles. The molecule has 1 atom stereocenters. The monoisotopic (exact) mass is 340 g/mol. The molecule has 2 aliphatic rings. The lowest BCUT2D eigenvalue weighted by Gasteiger charge is -2.36. The van der Waals surface area contributed by atoms with Crippen molar-refractivity contribution in [2.24, 2.45) is 0 Å². The molecule has 1 saturated heterocycles. The number of piperidine rings is 1. The number of hydrogen-bond acceptors (Lipinski definition) is 3. The van der Waals surface area contributed by atoms with Gasteiger partial charge in [0.1, 0.15) is 5.76 Å². The number of likely N-dealkylation sites (tertiary alicyclic amines) is 1. The summed E-state index contributed by atoms with van der Waals surface area (Å²) in [7, 11) is 0. The van der Waals surface area contributed by atoms with Crippen molar-refractivity contribution in [1.82, 2.24) is 4.90 Å². The van der Waals surface area contributed by atoms with Crippen LogP contribution in [0.3, 0.4) is 0 Å². The van der Waals surface area contributed by atoms with Crippen LogP contribution in [0.2, 0.25) is 0 Å². The van der Waals surface area contributed by atoms with Crippen molar-refractivity contribution in [1.29, 1.82) is 5.26 Å². The predicted molar refractivity (Wildman–Crippen MR) is 101 cm³/mol. The van der Waals surface area contributed by atoms with E-state index in [0.717, 1.165) is 37.3 Å². The third-order valence-corrected chi connectivity index (χ3v) is 5.89. The zero-order chi connectivity index (χ0) is 17.5. The van der Waals surface area contributed by atoms with Crippen LogP contribution in [0, 0.1) is 11.3 Å². The number of nitriles is 1. The van der Waals surface area contributed by atoms with Crippen LogP contribution in [-0.2, 0) is 0 Å². The minimum Gasteiger partial charge on any atom is -0.469 e. The molecule has 0 radical (unpaired) electrons. The number of fused-ring (bicyclic) bond motifs is 3. The summed E-state index contributed by atoms with van der Waals surface area (Å²) in [5.74, 6) is 1.61. The van der Waals surface area contributed by atoms with E-state index in [-0.39, 0.29) is 6.04 Å². The molecule has 0 N–H and O–H groups in total. The van der Waals surface area contributed by atoms with Crippen molar-refractivity contribution in [2.75, 3.05) is 13.1 Å². The van der Waals surface area contributed by atoms with Gasteiger partial charge in [0.2, 0.25) is 0 Å². The van der Waals surface area contributed by atoms with Gasteiger partial charge in [-0.25, -0.2) is 0 Å². The summed E-state index contributed by atoms with van der Waals surface area (Å²) in [4.78, 5) is 2.55. The van der Waals surface area contributed by atoms with Crippen molar-refractivity contribution in [3.63, 3.8) is 0 Å². The van der Waals surface area contributed by atoms with Crippen molar-refractivity contribution in [3.8, 4) is 17.2 Å². The fourth-order valence-corrected chi connectivity index (χ4v) is 4.67. The van der Waals surface area contributed by atoms with Gasteiger partial charge in [0.05, 0.1) is 23.9 Å². The van der Waals surface area contributed by atoms with Gasteiger partial charge in [0, 0.05) is 5.92 Å². The average molecular weight is 340 g/mol. The maximum Gasteiger partial charge on any atom is 0.106 e. The largest absolute Gasteiger partial charge is 0.469 e. The minimum atomic E-state index is 0.189. The summed E-state index contributed by atoms with van der Waals surface area (Å²) in [6, 6.07) is 21.4. The first-order valence-corrected chi connectivity index (χ1v) is 9.26. The van der Waals surface area contributed by atoms with Gasteiger partial charge in [0.25, 0.3) is 0 Å². The normalized spacial score (nSPS) is 19.7. The number of furan rings is 1. The average Bonchev–Trinajstić information content (AvgIpc) is 3.34. The fourth-order valence-electron chi connectivity index (χ4n) is 4.67. The topological polar surface area (TPSA) is 40.2 Å². The summed E-state index contributed by atoms with van der Waals surface area (Å²) in [6.45, 7) is 2.03. The van der Waals surface area contributed by atoms with Gasteiger partial charge in [0.15, 0.2) is 0 Å². The van der Waals surface area contributed by atoms with E-state index in [0.29, 0.717) is 5.92 Å². The highest BCUT2D eigenvalue weighted by molar-refractivity contribution is 5.80. The second-order valence-electron chi connectivity index (χ2n) is 7.19. The van der Waals surface area contributed by atoms with Crippen LogP contribution in [0.1, 0.15) is 47.3 Å². The van der Waals surface area contributed by atoms with Gasteiger partial charge in [-0.05, 0) is 66.4 Å². The molecule has 3 nitrogen and oxygen atoms in total. The number of rotatable bonds is 2. The fraction of sp³-hybridized carbons (Fsp3) is 0.261. The van der Waals surface area contributed by atoms with Gasteiger partial charge in [-0.1, -0.05) is 36.4 Å². The highest BCUT2D eigenvalue weighted by Gasteiger charge is 2.36. The molecule has 26 heavy (non-hydrogen) atoms. The van der Waals surface area contributed by atoms with E-state index in [1.54, 1.807) is 6.26 Å². The lowest BCUT2D eigenvalue weighted by atomic mass is 9.91. The van der Waals surface area contributed by atoms with Crippen molar-refractivity contribution in [3.05, 3.63) is 83.3 Å². The molecular formula is C23H20N2O. The van der Waals surface area contributed by atoms with Crippen LogP contribution in [0.25, 0.3) is 11.1 Å². The Kier molecular flexibility index (Phi) is 3.65. The van der Waals surface area contributed by atoms with E-state index in [2.05, 4.69) is 47.4 Å². The van der Waals surface area contributed by atoms with E-state index in [4.69, 9.17) is 4.42 Å². The standard InChI is InChI=1S/C23H20N2O/c24-15-17-5-3-8-19-18-6-1-2-7-20(18)23(22(17)19)25-12-10-16(11-13-25)21-9-4-14-26-21/h1-9,14,16,23H,10-13H2. The van der Waals surface area contributed by atoms with Crippen LogP contribution >= 0.6 is 0 Å². The minimum absolute atomic E-state index is 0.189. The van der Waals surface area contributed by atoms with Crippen molar-refractivity contribution >= 4 is 0 Å². The first kappa shape index (κ1) is 15.4. The van der Waals surface area contributed by atoms with Gasteiger partial charge in [-0.2, -0.15) is 5.26 Å². The Labute approximate surface area is 153 Å². The first-order chi connectivity index (χ1) is 12.9. The van der Waals surface area contributed by atoms with Crippen LogP contribution in [0.4, 0.5) is 0 Å². The smallest absolute Gasteiger partial charge is 0.106 e. The van der Waals surface area contributed by atoms with E-state index in [1.807, 2.05) is 18.2 Å². The van der Waals surface area contributed by atoms with Gasteiger partial charge in [-0.15, -0.1) is 0 Å². The first-order valence-electron chi connectivity index (χ1n) is 9.26. The molecule has 1 aromatic heterocycles. The molecule has 0 spiro atoms. The Morgan fingerprint density at radius 2 is 1.73 bits per heavy atom. The molecule has 3 heteroatoms. The third-order valence-electron chi connectivity index (χ3n) is 5.89. The Morgan fingerprint density at radius 3 is 2.50 bits per heavy atom. The third kappa shape index (κ3) is 2.30. The Hall–Kier alpha value is -2.83. The van der Waals surface area contributed by atoms with E-state index < -0.39 is 0 Å². The number of hydrogen-bond donors (Lipinski definition) is 0. The highest BCUT2D eigenvalue weighted by atomic mass is 16.3. The zero-order valence-corrected chi connectivity index (χ0v) is 14.6. The molecule has 1 unspecified atom stereocenters. The van der Waals surface area contributed by atoms with Gasteiger partial charge in [-0.3, -0.25) is 4.90 Å². The van der Waals surface area contributed by atoms with Crippen LogP contribution < -0.4 is 0 Å². The molecule has 2 aromatic carbocycles. The van der Waals surface area contributed by atoms with Crippen LogP contribution in [-0.4, -0.2) is 18.0 Å². The Bertz CT molecular complexity index is 976. The molecular weight excluding hydrogens is 320 g/mol. The molecule has 1 fully saturated rings. The van der Waals surface area contributed by atoms with Crippen LogP contribution in [0.15, 0.2) is 65.3 Å². The maximum absolute atomic E-state index is 9.68. The molecule has 5 rings (SSSR count). The molecule has 0 bridgehead atoms. The number of nitrogens with zero attached hydrogens (tertiary/aromatic N) is 2. The Balaban J connectivity index is 1.51. The summed E-state index contributed by atoms with van der Waals surface area (Å²) < 4.78 is 5.62. The van der Waals surface area contributed by atoms with Crippen molar-refractivity contribution < 1.29 is 4.42 Å². The van der Waals surface area contributed by atoms with Crippen LogP contribution in [0.5, 0.6) is 0 Å². The Morgan fingerprint density at radius 1 is 0.923 bits per heavy atom. The van der Waals surface area contributed by atoms with Crippen molar-refractivity contribution in [2.45, 2.75) is 24.8 Å². The summed E-state index contributed by atoms with van der Waals surface area (Å²) in [6.07, 6.45) is 3.96. The molecule has 128 valence electrons.